The van der Waals surface area contributed by atoms with Crippen molar-refractivity contribution in [3.8, 4) is 39.7 Å². The Bertz CT molecular complexity index is 1600. The molecule has 2 atom stereocenters. The number of benzene rings is 2. The summed E-state index contributed by atoms with van der Waals surface area (Å²) < 4.78 is 15.0. The summed E-state index contributed by atoms with van der Waals surface area (Å²) >= 11 is 6.86. The number of hydrogen-bond donors (Lipinski definition) is 1. The van der Waals surface area contributed by atoms with Gasteiger partial charge in [0.25, 0.3) is 0 Å². The van der Waals surface area contributed by atoms with Gasteiger partial charge >= 0.3 is 0 Å². The third-order valence-electron chi connectivity index (χ3n) is 7.25. The second-order valence-electron chi connectivity index (χ2n) is 9.56. The second kappa shape index (κ2) is 12.1. The SMILES string of the molecule is CC.COc1cccc(-c2cn3nc(-c4nccn4C)nc(NC4CCC(OC)C4)c3c2-c2ccccc2)c1Cl. The molecule has 40 heavy (non-hydrogen) atoms. The lowest BCUT2D eigenvalue weighted by atomic mass is 9.97. The van der Waals surface area contributed by atoms with Crippen LogP contribution in [0.4, 0.5) is 5.82 Å². The smallest absolute Gasteiger partial charge is 0.218 e. The molecular weight excluding hydrogens is 524 g/mol. The van der Waals surface area contributed by atoms with E-state index in [-0.39, 0.29) is 12.1 Å². The minimum atomic E-state index is 0.232. The third-order valence-corrected chi connectivity index (χ3v) is 7.64. The highest BCUT2D eigenvalue weighted by Crippen LogP contribution is 2.44. The zero-order valence-electron chi connectivity index (χ0n) is 23.6. The van der Waals surface area contributed by atoms with Crippen LogP contribution in [0.25, 0.3) is 39.4 Å². The largest absolute Gasteiger partial charge is 0.495 e. The molecular formula is C31H35ClN6O2. The van der Waals surface area contributed by atoms with Gasteiger partial charge in [-0.15, -0.1) is 5.10 Å². The Labute approximate surface area is 239 Å². The van der Waals surface area contributed by atoms with Crippen LogP contribution >= 0.6 is 11.6 Å². The summed E-state index contributed by atoms with van der Waals surface area (Å²) in [6.07, 6.45) is 8.84. The van der Waals surface area contributed by atoms with Crippen LogP contribution in [-0.4, -0.2) is 50.5 Å². The van der Waals surface area contributed by atoms with Gasteiger partial charge in [-0.3, -0.25) is 0 Å². The highest BCUT2D eigenvalue weighted by Gasteiger charge is 2.28. The summed E-state index contributed by atoms with van der Waals surface area (Å²) in [5, 5.41) is 9.22. The van der Waals surface area contributed by atoms with Crippen LogP contribution in [0.15, 0.2) is 67.1 Å². The Morgan fingerprint density at radius 2 is 1.80 bits per heavy atom. The lowest BCUT2D eigenvalue weighted by Gasteiger charge is -2.17. The molecule has 0 spiro atoms. The van der Waals surface area contributed by atoms with Crippen molar-refractivity contribution in [2.24, 2.45) is 7.05 Å². The van der Waals surface area contributed by atoms with Gasteiger partial charge in [-0.05, 0) is 30.9 Å². The summed E-state index contributed by atoms with van der Waals surface area (Å²) in [6, 6.07) is 16.3. The first-order valence-electron chi connectivity index (χ1n) is 13.7. The number of imidazole rings is 1. The number of methoxy groups -OCH3 is 2. The highest BCUT2D eigenvalue weighted by molar-refractivity contribution is 6.35. The molecule has 0 saturated heterocycles. The van der Waals surface area contributed by atoms with Crippen molar-refractivity contribution in [2.45, 2.75) is 45.3 Å². The van der Waals surface area contributed by atoms with Crippen molar-refractivity contribution in [1.29, 1.82) is 0 Å². The number of anilines is 1. The van der Waals surface area contributed by atoms with Gasteiger partial charge in [-0.1, -0.05) is 67.9 Å². The van der Waals surface area contributed by atoms with Crippen LogP contribution in [0.1, 0.15) is 33.1 Å². The van der Waals surface area contributed by atoms with Gasteiger partial charge < -0.3 is 19.4 Å². The summed E-state index contributed by atoms with van der Waals surface area (Å²) in [4.78, 5) is 9.56. The van der Waals surface area contributed by atoms with E-state index < -0.39 is 0 Å². The molecule has 3 heterocycles. The zero-order valence-corrected chi connectivity index (χ0v) is 24.3. The van der Waals surface area contributed by atoms with Crippen molar-refractivity contribution in [3.63, 3.8) is 0 Å². The molecule has 1 N–H and O–H groups in total. The van der Waals surface area contributed by atoms with Gasteiger partial charge in [0.1, 0.15) is 11.3 Å². The van der Waals surface area contributed by atoms with E-state index in [1.54, 1.807) is 20.4 Å². The average molecular weight is 559 g/mol. The predicted molar refractivity (Wildman–Crippen MR) is 161 cm³/mol. The van der Waals surface area contributed by atoms with Crippen LogP contribution in [0.3, 0.4) is 0 Å². The Kier molecular flexibility index (Phi) is 8.38. The lowest BCUT2D eigenvalue weighted by molar-refractivity contribution is 0.108. The summed E-state index contributed by atoms with van der Waals surface area (Å²) in [7, 11) is 5.34. The Hall–Kier alpha value is -3.88. The van der Waals surface area contributed by atoms with Gasteiger partial charge in [-0.2, -0.15) is 0 Å². The van der Waals surface area contributed by atoms with Crippen molar-refractivity contribution in [1.82, 2.24) is 24.1 Å². The van der Waals surface area contributed by atoms with Gasteiger partial charge in [-0.25, -0.2) is 14.5 Å². The molecule has 0 radical (unpaired) electrons. The zero-order chi connectivity index (χ0) is 28.2. The first-order chi connectivity index (χ1) is 19.6. The molecule has 9 heteroatoms. The number of aryl methyl sites for hydroxylation is 1. The number of rotatable bonds is 7. The normalized spacial score (nSPS) is 16.6. The van der Waals surface area contributed by atoms with Crippen molar-refractivity contribution >= 4 is 22.9 Å². The number of hydrogen-bond acceptors (Lipinski definition) is 6. The van der Waals surface area contributed by atoms with E-state index in [9.17, 15) is 0 Å². The number of nitrogens with zero attached hydrogens (tertiary/aromatic N) is 5. The molecule has 6 rings (SSSR count). The molecule has 5 aromatic rings. The van der Waals surface area contributed by atoms with Gasteiger partial charge in [0.05, 0.1) is 18.2 Å². The molecule has 1 fully saturated rings. The molecule has 1 saturated carbocycles. The molecule has 1 aliphatic rings. The third kappa shape index (κ3) is 5.17. The monoisotopic (exact) mass is 558 g/mol. The summed E-state index contributed by atoms with van der Waals surface area (Å²) in [5.41, 5.74) is 4.72. The van der Waals surface area contributed by atoms with Crippen molar-refractivity contribution in [2.75, 3.05) is 19.5 Å². The predicted octanol–water partition coefficient (Wildman–Crippen LogP) is 7.13. The quantitative estimate of drug-likeness (QED) is 0.229. The maximum absolute atomic E-state index is 6.86. The molecule has 1 aliphatic carbocycles. The van der Waals surface area contributed by atoms with Crippen LogP contribution < -0.4 is 10.1 Å². The number of nitrogens with one attached hydrogen (secondary N) is 1. The van der Waals surface area contributed by atoms with E-state index in [4.69, 9.17) is 31.2 Å². The van der Waals surface area contributed by atoms with E-state index in [0.717, 1.165) is 52.9 Å². The Morgan fingerprint density at radius 3 is 2.48 bits per heavy atom. The van der Waals surface area contributed by atoms with Gasteiger partial charge in [0.2, 0.25) is 5.82 Å². The maximum Gasteiger partial charge on any atom is 0.218 e. The fraction of sp³-hybridized carbons (Fsp3) is 0.323. The maximum atomic E-state index is 6.86. The molecule has 8 nitrogen and oxygen atoms in total. The standard InChI is InChI=1S/C29H29ClN6O2.C2H6/c1-35-15-14-31-29(35)28-33-27(32-19-12-13-20(16-19)37-2)26-24(18-8-5-4-6-9-18)22(17-36(26)34-28)21-10-7-11-23(38-3)25(21)30;1-2/h4-11,14-15,17,19-20H,12-13,16H2,1-3H3,(H,32,33,34);1-2H3. The molecule has 0 aliphatic heterocycles. The van der Waals surface area contributed by atoms with E-state index in [2.05, 4.69) is 22.4 Å². The second-order valence-corrected chi connectivity index (χ2v) is 9.93. The first kappa shape index (κ1) is 27.7. The summed E-state index contributed by atoms with van der Waals surface area (Å²) in [6.45, 7) is 4.00. The fourth-order valence-electron chi connectivity index (χ4n) is 5.32. The van der Waals surface area contributed by atoms with E-state index >= 15 is 0 Å². The minimum Gasteiger partial charge on any atom is -0.495 e. The fourth-order valence-corrected chi connectivity index (χ4v) is 5.62. The topological polar surface area (TPSA) is 78.5 Å². The van der Waals surface area contributed by atoms with Crippen molar-refractivity contribution in [3.05, 3.63) is 72.1 Å². The van der Waals surface area contributed by atoms with Gasteiger partial charge in [0.15, 0.2) is 11.6 Å². The van der Waals surface area contributed by atoms with Crippen LogP contribution in [0.2, 0.25) is 5.02 Å². The number of fused-ring (bicyclic) bond motifs is 1. The van der Waals surface area contributed by atoms with Crippen molar-refractivity contribution < 1.29 is 9.47 Å². The molecule has 2 aromatic carbocycles. The number of halogens is 1. The molecule has 0 bridgehead atoms. The van der Waals surface area contributed by atoms with Crippen LogP contribution in [-0.2, 0) is 11.8 Å². The molecule has 0 amide bonds. The Balaban J connectivity index is 0.00000158. The molecule has 2 unspecified atom stereocenters. The average Bonchev–Trinajstić information content (AvgIpc) is 3.73. The number of ether oxygens (including phenoxy) is 2. The van der Waals surface area contributed by atoms with Crippen LogP contribution in [0.5, 0.6) is 5.75 Å². The van der Waals surface area contributed by atoms with E-state index in [0.29, 0.717) is 22.4 Å². The minimum absolute atomic E-state index is 0.232. The van der Waals surface area contributed by atoms with Gasteiger partial charge in [0, 0.05) is 55.5 Å². The van der Waals surface area contributed by atoms with Crippen LogP contribution in [0, 0.1) is 0 Å². The Morgan fingerprint density at radius 1 is 1.00 bits per heavy atom. The highest BCUT2D eigenvalue weighted by atomic mass is 35.5. The first-order valence-corrected chi connectivity index (χ1v) is 14.0. The summed E-state index contributed by atoms with van der Waals surface area (Å²) in [5.74, 6) is 2.59. The molecule has 208 valence electrons. The molecule has 3 aromatic heterocycles. The van der Waals surface area contributed by atoms with E-state index in [1.807, 2.05) is 78.8 Å². The number of aromatic nitrogens is 5. The van der Waals surface area contributed by atoms with E-state index in [1.165, 1.54) is 0 Å². The lowest BCUT2D eigenvalue weighted by Crippen LogP contribution is -2.19.